The predicted octanol–water partition coefficient (Wildman–Crippen LogP) is 2.25. The normalized spacial score (nSPS) is 14.2. The fourth-order valence-electron chi connectivity index (χ4n) is 3.04. The van der Waals surface area contributed by atoms with E-state index in [0.717, 1.165) is 29.8 Å². The average Bonchev–Trinajstić information content (AvgIpc) is 2.65. The lowest BCUT2D eigenvalue weighted by atomic mass is 9.97. The first-order valence-corrected chi connectivity index (χ1v) is 10.8. The summed E-state index contributed by atoms with van der Waals surface area (Å²) in [7, 11) is -2.55. The number of hydrogen-bond donors (Lipinski definition) is 1. The molecule has 0 spiro atoms. The molecule has 0 heterocycles. The molecule has 0 radical (unpaired) electrons. The summed E-state index contributed by atoms with van der Waals surface area (Å²) in [6, 6.07) is 6.15. The van der Waals surface area contributed by atoms with Crippen molar-refractivity contribution in [2.24, 2.45) is 0 Å². The van der Waals surface area contributed by atoms with Crippen LogP contribution >= 0.6 is 0 Å². The van der Waals surface area contributed by atoms with Gasteiger partial charge >= 0.3 is 5.97 Å². The van der Waals surface area contributed by atoms with Crippen LogP contribution < -0.4 is 9.62 Å². The van der Waals surface area contributed by atoms with Gasteiger partial charge in [-0.25, -0.2) is 13.2 Å². The van der Waals surface area contributed by atoms with Gasteiger partial charge in [0.05, 0.1) is 24.6 Å². The molecule has 0 atom stereocenters. The molecule has 0 aliphatic heterocycles. The molecule has 0 saturated carbocycles. The number of para-hydroxylation sites is 1. The lowest BCUT2D eigenvalue weighted by Gasteiger charge is -2.23. The van der Waals surface area contributed by atoms with E-state index in [1.165, 1.54) is 37.7 Å². The van der Waals surface area contributed by atoms with Crippen LogP contribution in [0.5, 0.6) is 0 Å². The zero-order chi connectivity index (χ0) is 19.9. The van der Waals surface area contributed by atoms with E-state index in [1.54, 1.807) is 12.1 Å². The van der Waals surface area contributed by atoms with Crippen LogP contribution in [0.1, 0.15) is 42.5 Å². The van der Waals surface area contributed by atoms with Gasteiger partial charge in [-0.2, -0.15) is 0 Å². The highest BCUT2D eigenvalue weighted by Gasteiger charge is 2.25. The van der Waals surface area contributed by atoms with Gasteiger partial charge in [0.1, 0.15) is 6.54 Å². The fraction of sp³-hybridized carbons (Fsp3) is 0.474. The summed E-state index contributed by atoms with van der Waals surface area (Å²) >= 11 is 0. The maximum absolute atomic E-state index is 12.3. The minimum Gasteiger partial charge on any atom is -0.465 e. The molecule has 7 nitrogen and oxygen atoms in total. The van der Waals surface area contributed by atoms with Crippen LogP contribution in [0.4, 0.5) is 5.69 Å². The largest absolute Gasteiger partial charge is 0.465 e. The van der Waals surface area contributed by atoms with Gasteiger partial charge in [0.2, 0.25) is 15.9 Å². The highest BCUT2D eigenvalue weighted by Crippen LogP contribution is 2.23. The van der Waals surface area contributed by atoms with E-state index < -0.39 is 28.4 Å². The van der Waals surface area contributed by atoms with E-state index in [0.29, 0.717) is 6.54 Å². The van der Waals surface area contributed by atoms with Crippen molar-refractivity contribution in [2.45, 2.75) is 32.1 Å². The Kier molecular flexibility index (Phi) is 7.41. The molecule has 0 aromatic heterocycles. The molecule has 1 aliphatic carbocycles. The molecule has 0 bridgehead atoms. The monoisotopic (exact) mass is 394 g/mol. The van der Waals surface area contributed by atoms with E-state index in [4.69, 9.17) is 4.74 Å². The van der Waals surface area contributed by atoms with Crippen LogP contribution in [0.3, 0.4) is 0 Å². The van der Waals surface area contributed by atoms with Gasteiger partial charge in [-0.05, 0) is 44.2 Å². The number of allylic oxidation sites excluding steroid dienone is 1. The van der Waals surface area contributed by atoms with Crippen LogP contribution in [-0.4, -0.2) is 46.7 Å². The Hall–Kier alpha value is -2.35. The second-order valence-electron chi connectivity index (χ2n) is 6.49. The van der Waals surface area contributed by atoms with Crippen molar-refractivity contribution in [2.75, 3.05) is 30.8 Å². The summed E-state index contributed by atoms with van der Waals surface area (Å²) < 4.78 is 30.1. The van der Waals surface area contributed by atoms with Crippen LogP contribution in [0, 0.1) is 0 Å². The van der Waals surface area contributed by atoms with Crippen LogP contribution in [0.2, 0.25) is 0 Å². The third-order valence-electron chi connectivity index (χ3n) is 4.42. The number of carbonyl (C=O) groups is 2. The third kappa shape index (κ3) is 6.09. The average molecular weight is 394 g/mol. The molecule has 8 heteroatoms. The number of amides is 1. The summed E-state index contributed by atoms with van der Waals surface area (Å²) in [4.78, 5) is 24.3. The van der Waals surface area contributed by atoms with Crippen molar-refractivity contribution >= 4 is 27.6 Å². The number of benzene rings is 1. The lowest BCUT2D eigenvalue weighted by molar-refractivity contribution is -0.119. The second-order valence-corrected chi connectivity index (χ2v) is 8.39. The third-order valence-corrected chi connectivity index (χ3v) is 5.55. The number of carbonyl (C=O) groups excluding carboxylic acids is 2. The van der Waals surface area contributed by atoms with Crippen molar-refractivity contribution in [1.82, 2.24) is 5.32 Å². The molecule has 1 aromatic carbocycles. The van der Waals surface area contributed by atoms with E-state index in [-0.39, 0.29) is 11.3 Å². The number of hydrogen-bond acceptors (Lipinski definition) is 5. The number of ether oxygens (including phenoxy) is 1. The lowest BCUT2D eigenvalue weighted by Crippen LogP contribution is -2.41. The number of esters is 1. The van der Waals surface area contributed by atoms with E-state index in [2.05, 4.69) is 11.4 Å². The van der Waals surface area contributed by atoms with Crippen LogP contribution in [-0.2, 0) is 19.6 Å². The fourth-order valence-corrected chi connectivity index (χ4v) is 3.90. The number of anilines is 1. The quantitative estimate of drug-likeness (QED) is 0.539. The number of sulfonamides is 1. The zero-order valence-corrected chi connectivity index (χ0v) is 16.5. The van der Waals surface area contributed by atoms with Crippen molar-refractivity contribution in [3.63, 3.8) is 0 Å². The summed E-state index contributed by atoms with van der Waals surface area (Å²) in [5.41, 5.74) is 1.54. The Morgan fingerprint density at radius 3 is 2.59 bits per heavy atom. The number of rotatable bonds is 8. The first-order chi connectivity index (χ1) is 12.8. The highest BCUT2D eigenvalue weighted by molar-refractivity contribution is 7.92. The zero-order valence-electron chi connectivity index (χ0n) is 15.7. The number of methoxy groups -OCH3 is 1. The maximum atomic E-state index is 12.3. The molecule has 0 unspecified atom stereocenters. The SMILES string of the molecule is COC(=O)c1ccccc1N(CC(=O)NCCC1=CCCCC1)S(C)(=O)=O. The van der Waals surface area contributed by atoms with Crippen LogP contribution in [0.15, 0.2) is 35.9 Å². The van der Waals surface area contributed by atoms with E-state index >= 15 is 0 Å². The maximum Gasteiger partial charge on any atom is 0.340 e. The second kappa shape index (κ2) is 9.55. The standard InChI is InChI=1S/C19H26N2O5S/c1-26-19(23)16-10-6-7-11-17(16)21(27(2,24)25)14-18(22)20-13-12-15-8-4-3-5-9-15/h6-8,10-11H,3-5,9,12-14H2,1-2H3,(H,20,22). The molecular formula is C19H26N2O5S. The summed E-state index contributed by atoms with van der Waals surface area (Å²) in [5, 5.41) is 2.76. The van der Waals surface area contributed by atoms with Crippen molar-refractivity contribution < 1.29 is 22.7 Å². The van der Waals surface area contributed by atoms with Gasteiger partial charge in [0.25, 0.3) is 0 Å². The minimum absolute atomic E-state index is 0.0885. The van der Waals surface area contributed by atoms with Gasteiger partial charge in [-0.1, -0.05) is 23.8 Å². The van der Waals surface area contributed by atoms with E-state index in [1.807, 2.05) is 0 Å². The van der Waals surface area contributed by atoms with Crippen molar-refractivity contribution in [1.29, 1.82) is 0 Å². The van der Waals surface area contributed by atoms with Gasteiger partial charge in [0, 0.05) is 6.54 Å². The topological polar surface area (TPSA) is 92.8 Å². The highest BCUT2D eigenvalue weighted by atomic mass is 32.2. The first-order valence-electron chi connectivity index (χ1n) is 8.92. The molecule has 2 rings (SSSR count). The summed E-state index contributed by atoms with van der Waals surface area (Å²) in [6.07, 6.45) is 8.49. The van der Waals surface area contributed by atoms with Gasteiger partial charge in [-0.15, -0.1) is 0 Å². The smallest absolute Gasteiger partial charge is 0.340 e. The van der Waals surface area contributed by atoms with Gasteiger partial charge < -0.3 is 10.1 Å². The number of nitrogens with one attached hydrogen (secondary N) is 1. The summed E-state index contributed by atoms with van der Waals surface area (Å²) in [6.45, 7) is 0.0623. The molecule has 1 N–H and O–H groups in total. The molecule has 1 aliphatic rings. The number of nitrogens with zero attached hydrogens (tertiary/aromatic N) is 1. The molecule has 0 fully saturated rings. The molecular weight excluding hydrogens is 368 g/mol. The van der Waals surface area contributed by atoms with Gasteiger partial charge in [-0.3, -0.25) is 9.10 Å². The van der Waals surface area contributed by atoms with Crippen LogP contribution in [0.25, 0.3) is 0 Å². The van der Waals surface area contributed by atoms with Crippen molar-refractivity contribution in [3.05, 3.63) is 41.5 Å². The summed E-state index contributed by atoms with van der Waals surface area (Å²) in [5.74, 6) is -1.08. The Labute approximate surface area is 160 Å². The molecule has 1 aromatic rings. The Morgan fingerprint density at radius 2 is 1.96 bits per heavy atom. The predicted molar refractivity (Wildman–Crippen MR) is 104 cm³/mol. The van der Waals surface area contributed by atoms with E-state index in [9.17, 15) is 18.0 Å². The molecule has 148 valence electrons. The Morgan fingerprint density at radius 1 is 1.22 bits per heavy atom. The molecule has 27 heavy (non-hydrogen) atoms. The first kappa shape index (κ1) is 21.0. The van der Waals surface area contributed by atoms with Gasteiger partial charge in [0.15, 0.2) is 0 Å². The Bertz CT molecular complexity index is 817. The molecule has 1 amide bonds. The van der Waals surface area contributed by atoms with Crippen molar-refractivity contribution in [3.8, 4) is 0 Å². The minimum atomic E-state index is -3.77. The Balaban J connectivity index is 2.08. The molecule has 0 saturated heterocycles.